The van der Waals surface area contributed by atoms with E-state index in [9.17, 15) is 14.3 Å². The van der Waals surface area contributed by atoms with Crippen molar-refractivity contribution in [3.8, 4) is 6.01 Å². The van der Waals surface area contributed by atoms with Crippen molar-refractivity contribution in [3.63, 3.8) is 0 Å². The van der Waals surface area contributed by atoms with Gasteiger partial charge < -0.3 is 19.6 Å². The summed E-state index contributed by atoms with van der Waals surface area (Å²) in [6, 6.07) is 0.117. The molecule has 0 aromatic carbocycles. The number of carbonyl (C=O) groups is 1. The normalized spacial score (nSPS) is 26.1. The summed E-state index contributed by atoms with van der Waals surface area (Å²) in [5, 5.41) is 9.72. The number of aromatic nitrogens is 3. The second kappa shape index (κ2) is 7.90. The van der Waals surface area contributed by atoms with Gasteiger partial charge >= 0.3 is 12.1 Å². The molecule has 31 heavy (non-hydrogen) atoms. The largest absolute Gasteiger partial charge is 0.465 e. The van der Waals surface area contributed by atoms with Gasteiger partial charge in [-0.2, -0.15) is 9.97 Å². The summed E-state index contributed by atoms with van der Waals surface area (Å²) >= 11 is 5.91. The number of likely N-dealkylation sites (tertiary alicyclic amines) is 1. The summed E-state index contributed by atoms with van der Waals surface area (Å²) in [5.74, 6) is -0.206. The number of piperazine rings is 1. The highest BCUT2D eigenvalue weighted by Gasteiger charge is 2.43. The van der Waals surface area contributed by atoms with E-state index < -0.39 is 11.9 Å². The molecule has 3 atom stereocenters. The van der Waals surface area contributed by atoms with Gasteiger partial charge in [-0.3, -0.25) is 4.90 Å². The van der Waals surface area contributed by atoms with Crippen LogP contribution >= 0.6 is 11.6 Å². The maximum absolute atomic E-state index is 14.8. The Kier molecular flexibility index (Phi) is 5.21. The molecule has 5 rings (SSSR count). The Labute approximate surface area is 183 Å². The molecule has 166 valence electrons. The topological polar surface area (TPSA) is 94.9 Å². The van der Waals surface area contributed by atoms with Crippen molar-refractivity contribution in [2.24, 2.45) is 0 Å². The minimum Gasteiger partial charge on any atom is -0.465 e. The van der Waals surface area contributed by atoms with Gasteiger partial charge in [0.05, 0.1) is 17.5 Å². The minimum absolute atomic E-state index is 0.0628. The molecule has 0 unspecified atom stereocenters. The minimum atomic E-state index is -0.899. The quantitative estimate of drug-likeness (QED) is 0.710. The molecule has 0 radical (unpaired) electrons. The van der Waals surface area contributed by atoms with Crippen molar-refractivity contribution in [1.82, 2.24) is 24.8 Å². The SMILES string of the molecule is CN1CCC[C@H]1COc1nc(N2C[C@@H]3CC[C@@H](C2)N3C(=O)O)c2cnc(Cl)c(F)c2n1. The number of fused-ring (bicyclic) bond motifs is 3. The highest BCUT2D eigenvalue weighted by Crippen LogP contribution is 2.36. The molecule has 3 fully saturated rings. The van der Waals surface area contributed by atoms with Crippen LogP contribution in [0, 0.1) is 5.82 Å². The van der Waals surface area contributed by atoms with Gasteiger partial charge in [-0.05, 0) is 39.3 Å². The van der Waals surface area contributed by atoms with E-state index in [0.29, 0.717) is 30.9 Å². The number of ether oxygens (including phenoxy) is 1. The lowest BCUT2D eigenvalue weighted by atomic mass is 10.2. The van der Waals surface area contributed by atoms with E-state index in [4.69, 9.17) is 16.3 Å². The number of pyridine rings is 1. The predicted molar refractivity (Wildman–Crippen MR) is 112 cm³/mol. The first-order valence-corrected chi connectivity index (χ1v) is 10.9. The van der Waals surface area contributed by atoms with Gasteiger partial charge in [0.1, 0.15) is 17.9 Å². The van der Waals surface area contributed by atoms with Crippen LogP contribution in [-0.4, -0.2) is 87.4 Å². The molecule has 5 heterocycles. The molecule has 0 spiro atoms. The van der Waals surface area contributed by atoms with Gasteiger partial charge in [-0.1, -0.05) is 11.6 Å². The third kappa shape index (κ3) is 3.61. The molecule has 11 heteroatoms. The van der Waals surface area contributed by atoms with E-state index in [2.05, 4.69) is 26.9 Å². The van der Waals surface area contributed by atoms with Crippen LogP contribution in [0.2, 0.25) is 5.15 Å². The van der Waals surface area contributed by atoms with Crippen molar-refractivity contribution < 1.29 is 19.0 Å². The van der Waals surface area contributed by atoms with Gasteiger partial charge in [0.25, 0.3) is 0 Å². The van der Waals surface area contributed by atoms with Crippen molar-refractivity contribution in [3.05, 3.63) is 17.2 Å². The summed E-state index contributed by atoms with van der Waals surface area (Å²) in [6.07, 6.45) is 4.31. The molecule has 3 aliphatic rings. The molecule has 1 amide bonds. The Hall–Kier alpha value is -2.46. The van der Waals surface area contributed by atoms with E-state index in [-0.39, 0.29) is 34.8 Å². The van der Waals surface area contributed by atoms with Gasteiger partial charge in [0.2, 0.25) is 0 Å². The molecule has 1 N–H and O–H groups in total. The van der Waals surface area contributed by atoms with Gasteiger partial charge in [-0.15, -0.1) is 0 Å². The maximum Gasteiger partial charge on any atom is 0.407 e. The molecule has 3 aliphatic heterocycles. The van der Waals surface area contributed by atoms with E-state index in [0.717, 1.165) is 32.2 Å². The maximum atomic E-state index is 14.8. The zero-order valence-corrected chi connectivity index (χ0v) is 17.9. The standard InChI is InChI=1S/C20H24ClFN6O3/c1-26-6-2-3-13(26)10-31-19-24-16-14(7-23-17(21)15(16)22)18(25-19)27-8-11-4-5-12(9-27)28(11)20(29)30/h7,11-13H,2-6,8-10H2,1H3,(H,29,30)/t11-,12-,13-/m0/s1. The molecule has 0 aliphatic carbocycles. The lowest BCUT2D eigenvalue weighted by Gasteiger charge is -2.40. The Morgan fingerprint density at radius 2 is 2.03 bits per heavy atom. The van der Waals surface area contributed by atoms with Crippen molar-refractivity contribution >= 4 is 34.4 Å². The number of anilines is 1. The predicted octanol–water partition coefficient (Wildman–Crippen LogP) is 2.62. The Morgan fingerprint density at radius 3 is 2.68 bits per heavy atom. The fourth-order valence-electron chi connectivity index (χ4n) is 5.05. The number of likely N-dealkylation sites (N-methyl/N-ethyl adjacent to an activating group) is 1. The lowest BCUT2D eigenvalue weighted by Crippen LogP contribution is -2.55. The summed E-state index contributed by atoms with van der Waals surface area (Å²) < 4.78 is 20.7. The Balaban J connectivity index is 1.49. The summed E-state index contributed by atoms with van der Waals surface area (Å²) in [6.45, 7) is 2.39. The number of halogens is 2. The summed E-state index contributed by atoms with van der Waals surface area (Å²) in [5.41, 5.74) is 0.0628. The number of rotatable bonds is 4. The van der Waals surface area contributed by atoms with Gasteiger partial charge in [0.15, 0.2) is 11.0 Å². The molecule has 2 aromatic rings. The van der Waals surface area contributed by atoms with Crippen LogP contribution in [-0.2, 0) is 0 Å². The third-order valence-electron chi connectivity index (χ3n) is 6.68. The van der Waals surface area contributed by atoms with Crippen LogP contribution in [0.3, 0.4) is 0 Å². The van der Waals surface area contributed by atoms with Crippen LogP contribution in [0.4, 0.5) is 15.0 Å². The monoisotopic (exact) mass is 450 g/mol. The average Bonchev–Trinajstić information content (AvgIpc) is 3.28. The highest BCUT2D eigenvalue weighted by molar-refractivity contribution is 6.30. The van der Waals surface area contributed by atoms with Crippen LogP contribution in [0.5, 0.6) is 6.01 Å². The first kappa shape index (κ1) is 20.4. The lowest BCUT2D eigenvalue weighted by molar-refractivity contribution is 0.114. The van der Waals surface area contributed by atoms with Crippen molar-refractivity contribution in [2.75, 3.05) is 38.2 Å². The molecular weight excluding hydrogens is 427 g/mol. The van der Waals surface area contributed by atoms with Gasteiger partial charge in [-0.25, -0.2) is 14.2 Å². The molecule has 2 bridgehead atoms. The summed E-state index contributed by atoms with van der Waals surface area (Å²) in [4.78, 5) is 30.2. The van der Waals surface area contributed by atoms with E-state index in [1.807, 2.05) is 4.90 Å². The van der Waals surface area contributed by atoms with E-state index >= 15 is 0 Å². The first-order chi connectivity index (χ1) is 14.9. The molecular formula is C20H24ClFN6O3. The molecule has 9 nitrogen and oxygen atoms in total. The van der Waals surface area contributed by atoms with Crippen molar-refractivity contribution in [1.29, 1.82) is 0 Å². The highest BCUT2D eigenvalue weighted by atomic mass is 35.5. The van der Waals surface area contributed by atoms with E-state index in [1.54, 1.807) is 0 Å². The Morgan fingerprint density at radius 1 is 1.29 bits per heavy atom. The number of hydrogen-bond acceptors (Lipinski definition) is 7. The van der Waals surface area contributed by atoms with Crippen molar-refractivity contribution in [2.45, 2.75) is 43.8 Å². The summed E-state index contributed by atoms with van der Waals surface area (Å²) in [7, 11) is 2.05. The smallest absolute Gasteiger partial charge is 0.407 e. The molecule has 2 aromatic heterocycles. The zero-order chi connectivity index (χ0) is 21.7. The average molecular weight is 451 g/mol. The second-order valence-electron chi connectivity index (χ2n) is 8.52. The number of hydrogen-bond donors (Lipinski definition) is 1. The number of amides is 1. The molecule has 3 saturated heterocycles. The van der Waals surface area contributed by atoms with E-state index in [1.165, 1.54) is 11.1 Å². The van der Waals surface area contributed by atoms with Gasteiger partial charge in [0, 0.05) is 25.3 Å². The zero-order valence-electron chi connectivity index (χ0n) is 17.2. The van der Waals surface area contributed by atoms with Crippen LogP contribution in [0.15, 0.2) is 6.20 Å². The third-order valence-corrected chi connectivity index (χ3v) is 6.94. The Bertz CT molecular complexity index is 1010. The first-order valence-electron chi connectivity index (χ1n) is 10.5. The fraction of sp³-hybridized carbons (Fsp3) is 0.600. The van der Waals surface area contributed by atoms with Crippen LogP contribution in [0.1, 0.15) is 25.7 Å². The fourth-order valence-corrected chi connectivity index (χ4v) is 5.19. The van der Waals surface area contributed by atoms with Crippen LogP contribution in [0.25, 0.3) is 10.9 Å². The number of nitrogens with zero attached hydrogens (tertiary/aromatic N) is 6. The van der Waals surface area contributed by atoms with Crippen LogP contribution < -0.4 is 9.64 Å². The second-order valence-corrected chi connectivity index (χ2v) is 8.88. The number of carboxylic acid groups (broad SMARTS) is 1. The molecule has 0 saturated carbocycles.